The maximum atomic E-state index is 4.46. The summed E-state index contributed by atoms with van der Waals surface area (Å²) in [4.78, 5) is 6.71. The van der Waals surface area contributed by atoms with Crippen LogP contribution in [0.25, 0.3) is 0 Å². The molecule has 1 aliphatic heterocycles. The molecule has 1 aliphatic rings. The van der Waals surface area contributed by atoms with Crippen LogP contribution < -0.4 is 10.6 Å². The molecule has 0 saturated carbocycles. The molecule has 1 heterocycles. The van der Waals surface area contributed by atoms with Crippen LogP contribution in [0.2, 0.25) is 0 Å². The number of benzene rings is 1. The van der Waals surface area contributed by atoms with Crippen LogP contribution in [0.3, 0.4) is 0 Å². The second kappa shape index (κ2) is 9.25. The summed E-state index contributed by atoms with van der Waals surface area (Å²) in [6, 6.07) is 9.28. The molecule has 21 heavy (non-hydrogen) atoms. The van der Waals surface area contributed by atoms with E-state index in [0.717, 1.165) is 38.4 Å². The van der Waals surface area contributed by atoms with E-state index in [1.807, 2.05) is 0 Å². The van der Waals surface area contributed by atoms with Crippen LogP contribution in [0.15, 0.2) is 29.3 Å². The van der Waals surface area contributed by atoms with Gasteiger partial charge in [-0.25, -0.2) is 0 Å². The molecule has 0 amide bonds. The molecule has 5 heteroatoms. The van der Waals surface area contributed by atoms with Crippen molar-refractivity contribution >= 4 is 29.9 Å². The Bertz CT molecular complexity index is 442. The Morgan fingerprint density at radius 3 is 2.52 bits per heavy atom. The van der Waals surface area contributed by atoms with Crippen LogP contribution in [-0.4, -0.2) is 44.6 Å². The highest BCUT2D eigenvalue weighted by atomic mass is 127. The number of hydrogen-bond donors (Lipinski definition) is 2. The van der Waals surface area contributed by atoms with E-state index in [1.165, 1.54) is 11.1 Å². The first-order chi connectivity index (χ1) is 9.70. The number of rotatable bonds is 5. The number of guanidine groups is 1. The van der Waals surface area contributed by atoms with Crippen molar-refractivity contribution in [3.63, 3.8) is 0 Å². The summed E-state index contributed by atoms with van der Waals surface area (Å²) in [6.45, 7) is 4.99. The molecule has 0 saturated heterocycles. The Labute approximate surface area is 145 Å². The van der Waals surface area contributed by atoms with Crippen molar-refractivity contribution in [1.29, 1.82) is 0 Å². The van der Waals surface area contributed by atoms with Gasteiger partial charge in [0.15, 0.2) is 5.96 Å². The lowest BCUT2D eigenvalue weighted by atomic mass is 10.0. The zero-order valence-corrected chi connectivity index (χ0v) is 15.6. The van der Waals surface area contributed by atoms with E-state index in [4.69, 9.17) is 0 Å². The molecule has 2 N–H and O–H groups in total. The third kappa shape index (κ3) is 5.47. The molecule has 0 fully saturated rings. The van der Waals surface area contributed by atoms with E-state index in [-0.39, 0.29) is 24.0 Å². The summed E-state index contributed by atoms with van der Waals surface area (Å²) >= 11 is 0. The Morgan fingerprint density at radius 2 is 2.00 bits per heavy atom. The largest absolute Gasteiger partial charge is 0.356 e. The van der Waals surface area contributed by atoms with Gasteiger partial charge in [0.1, 0.15) is 0 Å². The number of aryl methyl sites for hydroxylation is 1. The number of hydrogen-bond acceptors (Lipinski definition) is 4. The molecule has 1 aromatic rings. The van der Waals surface area contributed by atoms with E-state index < -0.39 is 0 Å². The quantitative estimate of drug-likeness (QED) is 0.744. The van der Waals surface area contributed by atoms with E-state index in [2.05, 4.69) is 65.8 Å². The second-order valence-corrected chi connectivity index (χ2v) is 5.47. The van der Waals surface area contributed by atoms with Gasteiger partial charge in [-0.15, -0.1) is 24.0 Å². The van der Waals surface area contributed by atoms with Crippen LogP contribution in [0.4, 0.5) is 0 Å². The minimum atomic E-state index is 0. The minimum absolute atomic E-state index is 0. The summed E-state index contributed by atoms with van der Waals surface area (Å²) in [5.74, 6) is 0.938. The molecule has 0 aromatic heterocycles. The molecule has 0 radical (unpaired) electrons. The predicted molar refractivity (Wildman–Crippen MR) is 101 cm³/mol. The normalized spacial score (nSPS) is 15.7. The third-order valence-corrected chi connectivity index (χ3v) is 3.76. The lowest BCUT2D eigenvalue weighted by Gasteiger charge is -2.27. The summed E-state index contributed by atoms with van der Waals surface area (Å²) < 4.78 is 0. The fourth-order valence-electron chi connectivity index (χ4n) is 2.42. The maximum absolute atomic E-state index is 4.46. The second-order valence-electron chi connectivity index (χ2n) is 5.47. The lowest BCUT2D eigenvalue weighted by Crippen LogP contribution is -2.44. The van der Waals surface area contributed by atoms with Crippen molar-refractivity contribution in [3.8, 4) is 0 Å². The first-order valence-electron chi connectivity index (χ1n) is 7.48. The van der Waals surface area contributed by atoms with Gasteiger partial charge in [0.25, 0.3) is 0 Å². The van der Waals surface area contributed by atoms with Crippen molar-refractivity contribution in [2.75, 3.05) is 33.7 Å². The van der Waals surface area contributed by atoms with Crippen LogP contribution >= 0.6 is 24.0 Å². The molecule has 0 aliphatic carbocycles. The van der Waals surface area contributed by atoms with Crippen molar-refractivity contribution in [2.45, 2.75) is 25.8 Å². The van der Waals surface area contributed by atoms with Gasteiger partial charge < -0.3 is 15.5 Å². The topological polar surface area (TPSA) is 39.7 Å². The molecule has 1 atom stereocenters. The Kier molecular flexibility index (Phi) is 8.03. The van der Waals surface area contributed by atoms with E-state index in [0.29, 0.717) is 6.04 Å². The van der Waals surface area contributed by atoms with Crippen LogP contribution in [0.1, 0.15) is 30.5 Å². The molecule has 118 valence electrons. The molecule has 1 aromatic carbocycles. The van der Waals surface area contributed by atoms with Gasteiger partial charge in [-0.2, -0.15) is 0 Å². The predicted octanol–water partition coefficient (Wildman–Crippen LogP) is 2.41. The molecule has 0 spiro atoms. The fourth-order valence-corrected chi connectivity index (χ4v) is 2.42. The van der Waals surface area contributed by atoms with Gasteiger partial charge >= 0.3 is 0 Å². The average Bonchev–Trinajstić information content (AvgIpc) is 2.49. The first-order valence-corrected chi connectivity index (χ1v) is 7.48. The van der Waals surface area contributed by atoms with E-state index >= 15 is 0 Å². The van der Waals surface area contributed by atoms with Crippen molar-refractivity contribution in [2.24, 2.45) is 4.99 Å². The number of halogens is 1. The standard InChI is InChI=1S/C16H26N4.HI/c1-4-13-6-8-14(9-7-13)15(20(2)3)12-19-16-17-10-5-11-18-16;/h6-9,15H,4-5,10-12H2,1-3H3,(H2,17,18,19);1H. The summed E-state index contributed by atoms with van der Waals surface area (Å²) in [5, 5.41) is 6.73. The van der Waals surface area contributed by atoms with Crippen LogP contribution in [-0.2, 0) is 6.42 Å². The molecular formula is C16H27IN4. The highest BCUT2D eigenvalue weighted by Gasteiger charge is 2.15. The zero-order chi connectivity index (χ0) is 14.4. The Morgan fingerprint density at radius 1 is 1.29 bits per heavy atom. The number of nitrogens with zero attached hydrogens (tertiary/aromatic N) is 2. The summed E-state index contributed by atoms with van der Waals surface area (Å²) in [5.41, 5.74) is 2.73. The number of nitrogens with one attached hydrogen (secondary N) is 2. The molecule has 2 rings (SSSR count). The number of likely N-dealkylation sites (N-methyl/N-ethyl adjacent to an activating group) is 1. The molecular weight excluding hydrogens is 375 g/mol. The molecule has 0 bridgehead atoms. The van der Waals surface area contributed by atoms with E-state index in [1.54, 1.807) is 0 Å². The summed E-state index contributed by atoms with van der Waals surface area (Å²) in [7, 11) is 4.24. The Balaban J connectivity index is 0.00000220. The van der Waals surface area contributed by atoms with Gasteiger partial charge in [-0.3, -0.25) is 4.99 Å². The lowest BCUT2D eigenvalue weighted by molar-refractivity contribution is 0.298. The average molecular weight is 402 g/mol. The van der Waals surface area contributed by atoms with Crippen LogP contribution in [0, 0.1) is 0 Å². The Hall–Kier alpha value is -0.820. The molecule has 1 unspecified atom stereocenters. The van der Waals surface area contributed by atoms with Crippen molar-refractivity contribution in [1.82, 2.24) is 15.5 Å². The van der Waals surface area contributed by atoms with Crippen molar-refractivity contribution in [3.05, 3.63) is 35.4 Å². The number of aliphatic imine (C=N–C) groups is 1. The monoisotopic (exact) mass is 402 g/mol. The SMILES string of the molecule is CCc1ccc(C(CNC2=NCCCN2)N(C)C)cc1.I. The van der Waals surface area contributed by atoms with Gasteiger partial charge in [0.2, 0.25) is 0 Å². The minimum Gasteiger partial charge on any atom is -0.356 e. The van der Waals surface area contributed by atoms with E-state index in [9.17, 15) is 0 Å². The van der Waals surface area contributed by atoms with Gasteiger partial charge in [-0.1, -0.05) is 31.2 Å². The van der Waals surface area contributed by atoms with Crippen molar-refractivity contribution < 1.29 is 0 Å². The highest BCUT2D eigenvalue weighted by molar-refractivity contribution is 14.0. The first kappa shape index (κ1) is 18.2. The smallest absolute Gasteiger partial charge is 0.191 e. The zero-order valence-electron chi connectivity index (χ0n) is 13.2. The summed E-state index contributed by atoms with van der Waals surface area (Å²) in [6.07, 6.45) is 2.21. The third-order valence-electron chi connectivity index (χ3n) is 3.76. The van der Waals surface area contributed by atoms with Gasteiger partial charge in [0, 0.05) is 19.6 Å². The highest BCUT2D eigenvalue weighted by Crippen LogP contribution is 2.18. The van der Waals surface area contributed by atoms with Gasteiger partial charge in [-0.05, 0) is 38.1 Å². The fraction of sp³-hybridized carbons (Fsp3) is 0.562. The van der Waals surface area contributed by atoms with Gasteiger partial charge in [0.05, 0.1) is 6.04 Å². The molecule has 4 nitrogen and oxygen atoms in total. The maximum Gasteiger partial charge on any atom is 0.191 e. The van der Waals surface area contributed by atoms with Crippen LogP contribution in [0.5, 0.6) is 0 Å².